The van der Waals surface area contributed by atoms with Gasteiger partial charge >= 0.3 is 5.69 Å². The van der Waals surface area contributed by atoms with Crippen LogP contribution in [0.15, 0.2) is 82.5 Å². The minimum absolute atomic E-state index is 0.0163. The molecule has 3 aliphatic rings. The molecular weight excluding hydrogens is 841 g/mol. The molecule has 65 heavy (non-hydrogen) atoms. The first-order valence-electron chi connectivity index (χ1n) is 22.0. The average Bonchev–Trinajstić information content (AvgIpc) is 3.71. The quantitative estimate of drug-likeness (QED) is 0.100. The predicted molar refractivity (Wildman–Crippen MR) is 237 cm³/mol. The minimum Gasteiger partial charge on any atom is -0.444 e. The number of fused-ring (bicyclic) bond motifs is 1. The number of carbonyl (C=O) groups is 3. The molecule has 0 bridgehead atoms. The van der Waals surface area contributed by atoms with Gasteiger partial charge in [-0.1, -0.05) is 18.2 Å². The number of nitrogens with zero attached hydrogens (tertiary/aromatic N) is 8. The number of amides is 3. The zero-order valence-corrected chi connectivity index (χ0v) is 36.2. The lowest BCUT2D eigenvalue weighted by atomic mass is 10.0. The molecule has 2 aromatic carbocycles. The van der Waals surface area contributed by atoms with Gasteiger partial charge in [-0.15, -0.1) is 0 Å². The van der Waals surface area contributed by atoms with E-state index in [1.807, 2.05) is 37.4 Å². The van der Waals surface area contributed by atoms with Crippen LogP contribution < -0.4 is 21.6 Å². The van der Waals surface area contributed by atoms with Crippen molar-refractivity contribution in [2.24, 2.45) is 13.0 Å². The van der Waals surface area contributed by atoms with E-state index in [4.69, 9.17) is 9.15 Å². The molecule has 4 aromatic heterocycles. The minimum atomic E-state index is -2.94. The fourth-order valence-electron chi connectivity index (χ4n) is 8.58. The Labute approximate surface area is 372 Å². The third-order valence-electron chi connectivity index (χ3n) is 12.2. The first kappa shape index (κ1) is 43.7. The van der Waals surface area contributed by atoms with Crippen molar-refractivity contribution in [1.29, 1.82) is 0 Å². The predicted octanol–water partition coefficient (Wildman–Crippen LogP) is 5.33. The van der Waals surface area contributed by atoms with Crippen molar-refractivity contribution in [3.05, 3.63) is 106 Å². The van der Waals surface area contributed by atoms with Gasteiger partial charge < -0.3 is 19.8 Å². The van der Waals surface area contributed by atoms with E-state index in [9.17, 15) is 28.0 Å². The van der Waals surface area contributed by atoms with Gasteiger partial charge in [0.15, 0.2) is 11.4 Å². The molecule has 6 heterocycles. The normalized spacial score (nSPS) is 18.2. The van der Waals surface area contributed by atoms with Crippen LogP contribution in [0.4, 0.5) is 20.3 Å². The van der Waals surface area contributed by atoms with Gasteiger partial charge in [-0.3, -0.25) is 38.6 Å². The number of hydrogen-bond acceptors (Lipinski definition) is 12. The van der Waals surface area contributed by atoms with Gasteiger partial charge in [0.25, 0.3) is 12.3 Å². The largest absolute Gasteiger partial charge is 0.444 e. The molecule has 2 aliphatic heterocycles. The molecule has 340 valence electrons. The zero-order chi connectivity index (χ0) is 45.2. The van der Waals surface area contributed by atoms with Crippen LogP contribution in [-0.4, -0.2) is 109 Å². The van der Waals surface area contributed by atoms with Gasteiger partial charge in [0, 0.05) is 58.0 Å². The zero-order valence-electron chi connectivity index (χ0n) is 36.2. The lowest BCUT2D eigenvalue weighted by Crippen LogP contribution is -2.47. The van der Waals surface area contributed by atoms with Crippen LogP contribution in [0, 0.1) is 5.92 Å². The second kappa shape index (κ2) is 18.9. The van der Waals surface area contributed by atoms with E-state index in [0.29, 0.717) is 54.6 Å². The monoisotopic (exact) mass is 891 g/mol. The third-order valence-corrected chi connectivity index (χ3v) is 12.2. The van der Waals surface area contributed by atoms with Gasteiger partial charge in [-0.05, 0) is 99.1 Å². The summed E-state index contributed by atoms with van der Waals surface area (Å²) in [7, 11) is 3.74. The summed E-state index contributed by atoms with van der Waals surface area (Å²) in [6.07, 6.45) is 5.88. The Morgan fingerprint density at radius 2 is 1.85 bits per heavy atom. The number of carbonyl (C=O) groups excluding carboxylic acids is 3. The number of oxazole rings is 1. The number of rotatable bonds is 17. The van der Waals surface area contributed by atoms with E-state index in [1.165, 1.54) is 34.6 Å². The van der Waals surface area contributed by atoms with Crippen molar-refractivity contribution >= 4 is 40.3 Å². The topological polar surface area (TPSA) is 187 Å². The molecule has 19 heteroatoms. The molecule has 2 saturated heterocycles. The highest BCUT2D eigenvalue weighted by molar-refractivity contribution is 6.03. The van der Waals surface area contributed by atoms with Gasteiger partial charge in [0.2, 0.25) is 17.7 Å². The number of anilines is 2. The van der Waals surface area contributed by atoms with E-state index in [-0.39, 0.29) is 41.4 Å². The van der Waals surface area contributed by atoms with E-state index in [0.717, 1.165) is 55.7 Å². The molecule has 1 saturated carbocycles. The molecule has 2 atom stereocenters. The number of morpholine rings is 1. The summed E-state index contributed by atoms with van der Waals surface area (Å²) in [6.45, 7) is 5.32. The Bertz CT molecular complexity index is 2760. The molecule has 17 nitrogen and oxygen atoms in total. The highest BCUT2D eigenvalue weighted by atomic mass is 19.3. The number of alkyl halides is 2. The van der Waals surface area contributed by atoms with Gasteiger partial charge in [-0.25, -0.2) is 28.2 Å². The summed E-state index contributed by atoms with van der Waals surface area (Å²) in [5.41, 5.74) is 3.67. The van der Waals surface area contributed by atoms with Crippen LogP contribution in [0.2, 0.25) is 0 Å². The van der Waals surface area contributed by atoms with Crippen LogP contribution in [-0.2, 0) is 34.3 Å². The summed E-state index contributed by atoms with van der Waals surface area (Å²) >= 11 is 0. The number of piperidine rings is 1. The third kappa shape index (κ3) is 10.1. The standard InChI is InChI=1S/C46H51F2N11O6/c1-55(24-33-25-57(18-19-64-33)17-3-4-28-9-12-36-38(20-28)56(2)46(63)59(36)37-13-14-40(60)53-44(37)62)23-30-7-10-32(11-8-30)58-26-34(41(54-58)42(47)48)51-43(61)35-27-65-45(52-35)31-15-16-49-39(21-31)50-22-29-5-6-29/h7-12,15-16,20-21,26-27,29,33,37,42H,3-6,13-14,17-19,22-25H2,1-2H3,(H,49,50)(H,51,61)(H,53,60,62)/t33-,37?/m0/s1. The van der Waals surface area contributed by atoms with Gasteiger partial charge in [-0.2, -0.15) is 5.10 Å². The number of hydrogen-bond donors (Lipinski definition) is 3. The first-order chi connectivity index (χ1) is 31.4. The number of imide groups is 1. The van der Waals surface area contributed by atoms with Gasteiger partial charge in [0.05, 0.1) is 41.3 Å². The fraction of sp³-hybridized carbons (Fsp3) is 0.413. The average molecular weight is 892 g/mol. The van der Waals surface area contributed by atoms with Crippen molar-refractivity contribution in [3.8, 4) is 17.1 Å². The molecule has 6 aromatic rings. The van der Waals surface area contributed by atoms with Crippen LogP contribution in [0.1, 0.15) is 71.9 Å². The molecule has 3 amide bonds. The number of imidazole rings is 1. The molecule has 1 aliphatic carbocycles. The lowest BCUT2D eigenvalue weighted by molar-refractivity contribution is -0.135. The number of benzene rings is 2. The maximum Gasteiger partial charge on any atom is 0.329 e. The summed E-state index contributed by atoms with van der Waals surface area (Å²) in [5, 5.41) is 12.3. The smallest absolute Gasteiger partial charge is 0.329 e. The van der Waals surface area contributed by atoms with E-state index in [2.05, 4.69) is 40.8 Å². The van der Waals surface area contributed by atoms with Crippen LogP contribution in [0.5, 0.6) is 0 Å². The van der Waals surface area contributed by atoms with Crippen LogP contribution in [0.3, 0.4) is 0 Å². The Morgan fingerprint density at radius 3 is 2.63 bits per heavy atom. The first-order valence-corrected chi connectivity index (χ1v) is 22.0. The Kier molecular flexibility index (Phi) is 12.7. The number of ether oxygens (including phenoxy) is 1. The van der Waals surface area contributed by atoms with E-state index >= 15 is 0 Å². The van der Waals surface area contributed by atoms with Crippen molar-refractivity contribution in [2.45, 2.75) is 63.6 Å². The summed E-state index contributed by atoms with van der Waals surface area (Å²) in [6, 6.07) is 16.1. The van der Waals surface area contributed by atoms with Crippen LogP contribution >= 0.6 is 0 Å². The summed E-state index contributed by atoms with van der Waals surface area (Å²) < 4.78 is 44.4. The highest BCUT2D eigenvalue weighted by Crippen LogP contribution is 2.31. The summed E-state index contributed by atoms with van der Waals surface area (Å²) in [5.74, 6) is 0.0587. The number of aryl methyl sites for hydroxylation is 2. The second-order valence-corrected chi connectivity index (χ2v) is 17.2. The number of pyridine rings is 1. The molecule has 0 spiro atoms. The van der Waals surface area contributed by atoms with Gasteiger partial charge in [0.1, 0.15) is 18.1 Å². The van der Waals surface area contributed by atoms with Crippen molar-refractivity contribution in [1.82, 2.24) is 44.0 Å². The maximum atomic E-state index is 14.2. The lowest BCUT2D eigenvalue weighted by Gasteiger charge is -2.35. The molecule has 1 unspecified atom stereocenters. The van der Waals surface area contributed by atoms with E-state index < -0.39 is 30.0 Å². The molecule has 3 N–H and O–H groups in total. The van der Waals surface area contributed by atoms with Crippen molar-refractivity contribution in [2.75, 3.05) is 57.0 Å². The SMILES string of the molecule is CN(Cc1ccc(-n2cc(NC(=O)c3coc(-c4ccnc(NCC5CC5)c4)n3)c(C(F)F)n2)cc1)C[C@H]1CN(CCCc2ccc3c(c2)n(C)c(=O)n3C2CCC(=O)NC2=O)CCO1. The number of halogens is 2. The van der Waals surface area contributed by atoms with Crippen molar-refractivity contribution < 1.29 is 32.3 Å². The van der Waals surface area contributed by atoms with Crippen molar-refractivity contribution in [3.63, 3.8) is 0 Å². The number of nitrogens with one attached hydrogen (secondary N) is 3. The second-order valence-electron chi connectivity index (χ2n) is 17.2. The fourth-order valence-corrected chi connectivity index (χ4v) is 8.58. The summed E-state index contributed by atoms with van der Waals surface area (Å²) in [4.78, 5) is 63.8. The van der Waals surface area contributed by atoms with Crippen LogP contribution in [0.25, 0.3) is 28.2 Å². The molecule has 9 rings (SSSR count). The molecule has 3 fully saturated rings. The number of aromatic nitrogens is 6. The molecule has 0 radical (unpaired) electrons. The number of likely N-dealkylation sites (N-methyl/N-ethyl adjacent to an activating group) is 1. The maximum absolute atomic E-state index is 14.2. The van der Waals surface area contributed by atoms with E-state index in [1.54, 1.807) is 42.1 Å². The highest BCUT2D eigenvalue weighted by Gasteiger charge is 2.31. The molecular formula is C46H51F2N11O6. The Morgan fingerprint density at radius 1 is 1.03 bits per heavy atom. The Hall–Kier alpha value is -6.57. The Balaban J connectivity index is 0.754.